The van der Waals surface area contributed by atoms with Gasteiger partial charge in [0.15, 0.2) is 5.78 Å². The third-order valence-electron chi connectivity index (χ3n) is 14.9. The molecule has 0 aromatic carbocycles. The van der Waals surface area contributed by atoms with Crippen molar-refractivity contribution < 1.29 is 14.3 Å². The Hall–Kier alpha value is -2.43. The van der Waals surface area contributed by atoms with Gasteiger partial charge in [0.1, 0.15) is 0 Å². The van der Waals surface area contributed by atoms with Crippen LogP contribution in [-0.2, 0) is 20.7 Å². The van der Waals surface area contributed by atoms with Gasteiger partial charge in [0.05, 0.1) is 18.8 Å². The number of nitrogens with zero attached hydrogens (tertiary/aromatic N) is 1. The molecule has 4 saturated carbocycles. The number of carbonyl (C=O) groups is 2. The molecule has 246 valence electrons. The second-order valence-electron chi connectivity index (χ2n) is 17.7. The normalized spacial score (nSPS) is 41.3. The van der Waals surface area contributed by atoms with Crippen LogP contribution in [0, 0.1) is 56.2 Å². The molecule has 8 atom stereocenters. The average molecular weight is 615 g/mol. The molecular weight excluding hydrogens is 556 g/mol. The van der Waals surface area contributed by atoms with Crippen LogP contribution < -0.4 is 5.32 Å². The van der Waals surface area contributed by atoms with Crippen LogP contribution in [0.15, 0.2) is 48.5 Å². The fourth-order valence-electron chi connectivity index (χ4n) is 12.1. The Morgan fingerprint density at radius 3 is 2.44 bits per heavy atom. The predicted molar refractivity (Wildman–Crippen MR) is 180 cm³/mol. The van der Waals surface area contributed by atoms with Crippen molar-refractivity contribution in [3.8, 4) is 0 Å². The van der Waals surface area contributed by atoms with E-state index in [1.54, 1.807) is 11.8 Å². The van der Waals surface area contributed by atoms with E-state index in [2.05, 4.69) is 71.4 Å². The highest BCUT2D eigenvalue weighted by molar-refractivity contribution is 6.04. The molecule has 0 spiro atoms. The molecule has 1 amide bonds. The Kier molecular flexibility index (Phi) is 7.81. The number of rotatable bonds is 6. The summed E-state index contributed by atoms with van der Waals surface area (Å²) >= 11 is 0. The number of ketones is 1. The van der Waals surface area contributed by atoms with Gasteiger partial charge in [-0.1, -0.05) is 72.8 Å². The largest absolute Gasteiger partial charge is 0.501 e. The Balaban J connectivity index is 1.33. The highest BCUT2D eigenvalue weighted by Gasteiger charge is 2.70. The molecule has 0 saturated heterocycles. The van der Waals surface area contributed by atoms with Gasteiger partial charge < -0.3 is 10.1 Å². The van der Waals surface area contributed by atoms with Gasteiger partial charge in [0.25, 0.3) is 0 Å². The number of methoxy groups -OCH3 is 1. The van der Waals surface area contributed by atoms with E-state index >= 15 is 0 Å². The molecule has 5 aliphatic carbocycles. The van der Waals surface area contributed by atoms with E-state index in [0.29, 0.717) is 36.6 Å². The van der Waals surface area contributed by atoms with Crippen molar-refractivity contribution in [3.05, 3.63) is 54.1 Å². The van der Waals surface area contributed by atoms with Gasteiger partial charge in [0.2, 0.25) is 5.91 Å². The molecule has 1 N–H and O–H groups in total. The number of hydrogen-bond donors (Lipinski definition) is 1. The molecule has 45 heavy (non-hydrogen) atoms. The van der Waals surface area contributed by atoms with E-state index in [0.717, 1.165) is 49.8 Å². The van der Waals surface area contributed by atoms with Crippen LogP contribution >= 0.6 is 0 Å². The fourth-order valence-corrected chi connectivity index (χ4v) is 12.1. The lowest BCUT2D eigenvalue weighted by Gasteiger charge is -2.71. The lowest BCUT2D eigenvalue weighted by molar-refractivity contribution is -0.193. The Morgan fingerprint density at radius 1 is 1.02 bits per heavy atom. The second kappa shape index (κ2) is 10.8. The average Bonchev–Trinajstić information content (AvgIpc) is 2.99. The Morgan fingerprint density at radius 2 is 1.76 bits per heavy atom. The molecule has 1 heterocycles. The molecule has 6 rings (SSSR count). The summed E-state index contributed by atoms with van der Waals surface area (Å²) in [6.45, 7) is 21.8. The molecule has 4 unspecified atom stereocenters. The van der Waals surface area contributed by atoms with Gasteiger partial charge in [-0.3, -0.25) is 14.6 Å². The summed E-state index contributed by atoms with van der Waals surface area (Å²) < 4.78 is 5.97. The van der Waals surface area contributed by atoms with E-state index in [-0.39, 0.29) is 39.3 Å². The lowest BCUT2D eigenvalue weighted by Crippen LogP contribution is -2.66. The molecule has 0 aliphatic heterocycles. The molecular formula is C40H58N2O3. The van der Waals surface area contributed by atoms with E-state index < -0.39 is 11.3 Å². The minimum absolute atomic E-state index is 0.0260. The van der Waals surface area contributed by atoms with E-state index in [1.165, 1.54) is 12.8 Å². The summed E-state index contributed by atoms with van der Waals surface area (Å²) in [5.41, 5.74) is 2.62. The number of carbonyl (C=O) groups excluding carboxylic acids is 2. The second-order valence-corrected chi connectivity index (χ2v) is 17.7. The topological polar surface area (TPSA) is 68.3 Å². The molecule has 1 aromatic heterocycles. The number of hydrogen-bond acceptors (Lipinski definition) is 4. The first kappa shape index (κ1) is 32.5. The highest BCUT2D eigenvalue weighted by atomic mass is 16.5. The van der Waals surface area contributed by atoms with Gasteiger partial charge in [-0.25, -0.2) is 0 Å². The molecule has 5 nitrogen and oxygen atoms in total. The van der Waals surface area contributed by atoms with Crippen molar-refractivity contribution in [1.29, 1.82) is 0 Å². The first-order valence-electron chi connectivity index (χ1n) is 17.7. The number of ether oxygens (including phenoxy) is 1. The minimum atomic E-state index is -0.598. The van der Waals surface area contributed by atoms with Crippen LogP contribution in [0.25, 0.3) is 0 Å². The van der Waals surface area contributed by atoms with Gasteiger partial charge in [0, 0.05) is 29.8 Å². The summed E-state index contributed by atoms with van der Waals surface area (Å²) in [6.07, 6.45) is 16.7. The fraction of sp³-hybridized carbons (Fsp3) is 0.725. The smallest absolute Gasteiger partial charge is 0.230 e. The first-order valence-corrected chi connectivity index (χ1v) is 17.7. The summed E-state index contributed by atoms with van der Waals surface area (Å²) in [6, 6.07) is 3.95. The first-order chi connectivity index (χ1) is 21.1. The zero-order valence-electron chi connectivity index (χ0n) is 29.4. The van der Waals surface area contributed by atoms with Crippen molar-refractivity contribution >= 4 is 11.7 Å². The van der Waals surface area contributed by atoms with Crippen LogP contribution in [0.5, 0.6) is 0 Å². The number of nitrogens with one attached hydrogen (secondary N) is 1. The maximum atomic E-state index is 14.1. The SMILES string of the molecule is C=C(OC)[C@]12CCC(C)(C)CC1C1=CCC3[C@@]4(C)CC(C(=O)NCCc5cccnc5)C(=O)C(C)(C)C4CC[C@@]3(C)[C@]1(C)CC2. The van der Waals surface area contributed by atoms with Crippen LogP contribution in [0.1, 0.15) is 112 Å². The van der Waals surface area contributed by atoms with Crippen LogP contribution in [-0.4, -0.2) is 30.3 Å². The third-order valence-corrected chi connectivity index (χ3v) is 14.9. The predicted octanol–water partition coefficient (Wildman–Crippen LogP) is 8.50. The maximum Gasteiger partial charge on any atom is 0.230 e. The number of pyridine rings is 1. The van der Waals surface area contributed by atoms with E-state index in [9.17, 15) is 9.59 Å². The molecule has 5 aliphatic rings. The van der Waals surface area contributed by atoms with Crippen LogP contribution in [0.4, 0.5) is 0 Å². The summed E-state index contributed by atoms with van der Waals surface area (Å²) in [7, 11) is 1.81. The third kappa shape index (κ3) is 4.71. The van der Waals surface area contributed by atoms with Crippen molar-refractivity contribution in [2.45, 2.75) is 113 Å². The Bertz CT molecular complexity index is 1400. The van der Waals surface area contributed by atoms with Crippen molar-refractivity contribution in [2.24, 2.45) is 56.2 Å². The highest BCUT2D eigenvalue weighted by Crippen LogP contribution is 2.76. The van der Waals surface area contributed by atoms with E-state index in [1.807, 2.05) is 25.4 Å². The van der Waals surface area contributed by atoms with E-state index in [4.69, 9.17) is 4.74 Å². The van der Waals surface area contributed by atoms with Crippen LogP contribution in [0.2, 0.25) is 0 Å². The molecule has 4 fully saturated rings. The minimum Gasteiger partial charge on any atom is -0.501 e. The molecule has 5 heteroatoms. The lowest BCUT2D eigenvalue weighted by atomic mass is 9.33. The van der Waals surface area contributed by atoms with Gasteiger partial charge in [-0.05, 0) is 115 Å². The monoisotopic (exact) mass is 614 g/mol. The number of aromatic nitrogens is 1. The number of Topliss-reactive ketones (excluding diaryl/α,β-unsaturated/α-hetero) is 1. The summed E-state index contributed by atoms with van der Waals surface area (Å²) in [5.74, 6) is 1.59. The zero-order valence-corrected chi connectivity index (χ0v) is 29.4. The van der Waals surface area contributed by atoms with Crippen LogP contribution in [0.3, 0.4) is 0 Å². The molecule has 1 aromatic rings. The number of amides is 1. The molecule has 0 radical (unpaired) electrons. The number of fused-ring (bicyclic) bond motifs is 7. The van der Waals surface area contributed by atoms with Gasteiger partial charge in [-0.2, -0.15) is 0 Å². The van der Waals surface area contributed by atoms with Crippen molar-refractivity contribution in [1.82, 2.24) is 10.3 Å². The van der Waals surface area contributed by atoms with Gasteiger partial charge >= 0.3 is 0 Å². The van der Waals surface area contributed by atoms with Crippen molar-refractivity contribution in [2.75, 3.05) is 13.7 Å². The standard InChI is InChI=1S/C40H58N2O3/c1-26(45-9)40-19-17-35(2,3)24-30(40)29-12-13-32-37(6)23-28(34(44)42-22-15-27-11-10-21-41-25-27)33(43)36(4,5)31(37)14-16-39(32,8)38(29,7)18-20-40/h10-12,21,25,28,30-32H,1,13-20,22-24H2,2-9H3,(H,42,44)/t28?,30?,31?,32?,37-,38+,39+,40+/m0/s1. The summed E-state index contributed by atoms with van der Waals surface area (Å²) in [5, 5.41) is 3.16. The van der Waals surface area contributed by atoms with Gasteiger partial charge in [-0.15, -0.1) is 0 Å². The molecule has 0 bridgehead atoms. The quantitative estimate of drug-likeness (QED) is 0.198. The summed E-state index contributed by atoms with van der Waals surface area (Å²) in [4.78, 5) is 32.1. The zero-order chi connectivity index (χ0) is 32.6. The number of allylic oxidation sites excluding steroid dienone is 3. The Labute approximate surface area is 272 Å². The van der Waals surface area contributed by atoms with Crippen molar-refractivity contribution in [3.63, 3.8) is 0 Å². The maximum absolute atomic E-state index is 14.1.